The summed E-state index contributed by atoms with van der Waals surface area (Å²) in [4.78, 5) is 40.3. The third-order valence-corrected chi connectivity index (χ3v) is 4.48. The lowest BCUT2D eigenvalue weighted by Crippen LogP contribution is -2.34. The number of allylic oxidation sites excluding steroid dienone is 3. The molecule has 0 bridgehead atoms. The molecule has 2 heterocycles. The number of para-hydroxylation sites is 2. The van der Waals surface area contributed by atoms with Crippen molar-refractivity contribution >= 4 is 34.6 Å². The zero-order valence-electron chi connectivity index (χ0n) is 15.0. The molecule has 0 amide bonds. The average Bonchev–Trinajstić information content (AvgIpc) is 3.10. The van der Waals surface area contributed by atoms with Crippen molar-refractivity contribution in [3.05, 3.63) is 78.3 Å². The summed E-state index contributed by atoms with van der Waals surface area (Å²) >= 11 is 0. The Morgan fingerprint density at radius 2 is 1.86 bits per heavy atom. The number of imidazole rings is 1. The number of ketones is 2. The van der Waals surface area contributed by atoms with E-state index in [9.17, 15) is 14.4 Å². The lowest BCUT2D eigenvalue weighted by atomic mass is 9.96. The minimum absolute atomic E-state index is 0.200. The lowest BCUT2D eigenvalue weighted by Gasteiger charge is -2.15. The summed E-state index contributed by atoms with van der Waals surface area (Å²) in [5.74, 6) is -3.20. The summed E-state index contributed by atoms with van der Waals surface area (Å²) in [5, 5.41) is 0. The van der Waals surface area contributed by atoms with E-state index in [-0.39, 0.29) is 5.76 Å². The fourth-order valence-corrected chi connectivity index (χ4v) is 3.09. The van der Waals surface area contributed by atoms with Gasteiger partial charge in [0.2, 0.25) is 0 Å². The smallest absolute Gasteiger partial charge is 0.329 e. The van der Waals surface area contributed by atoms with Gasteiger partial charge in [-0.3, -0.25) is 19.0 Å². The Balaban J connectivity index is 1.52. The van der Waals surface area contributed by atoms with E-state index in [2.05, 4.69) is 4.98 Å². The van der Waals surface area contributed by atoms with Gasteiger partial charge in [0.25, 0.3) is 0 Å². The fraction of sp³-hybridized carbons (Fsp3) is 0.0909. The average molecular weight is 372 g/mol. The summed E-state index contributed by atoms with van der Waals surface area (Å²) in [5.41, 5.74) is 3.61. The molecule has 6 heteroatoms. The van der Waals surface area contributed by atoms with Gasteiger partial charge in [0.15, 0.2) is 17.5 Å². The van der Waals surface area contributed by atoms with E-state index in [1.165, 1.54) is 19.1 Å². The number of benzene rings is 2. The molecule has 6 nitrogen and oxygen atoms in total. The third-order valence-electron chi connectivity index (χ3n) is 4.48. The highest BCUT2D eigenvalue weighted by Gasteiger charge is 2.36. The molecule has 1 aliphatic heterocycles. The molecule has 3 aromatic rings. The first-order valence-corrected chi connectivity index (χ1v) is 8.71. The van der Waals surface area contributed by atoms with Crippen molar-refractivity contribution in [2.24, 2.45) is 5.92 Å². The number of carbonyl (C=O) groups is 3. The molecule has 4 rings (SSSR count). The Morgan fingerprint density at radius 1 is 1.11 bits per heavy atom. The first kappa shape index (κ1) is 17.6. The number of hydrogen-bond donors (Lipinski definition) is 0. The molecular weight excluding hydrogens is 356 g/mol. The van der Waals surface area contributed by atoms with Gasteiger partial charge in [0.1, 0.15) is 12.1 Å². The van der Waals surface area contributed by atoms with Crippen molar-refractivity contribution in [1.29, 1.82) is 0 Å². The standard InChI is InChI=1S/C22H16N2O4/c1-14-12-20(26)21(22(27)28-14)19(25)11-8-15-6-9-16(10-7-15)24-13-23-17-4-2-3-5-18(17)24/h2-13,21H,1H3/b11-8+. The topological polar surface area (TPSA) is 78.3 Å². The van der Waals surface area contributed by atoms with Crippen LogP contribution in [0.2, 0.25) is 0 Å². The molecule has 1 aliphatic rings. The van der Waals surface area contributed by atoms with Crippen LogP contribution in [0, 0.1) is 5.92 Å². The first-order valence-electron chi connectivity index (χ1n) is 8.71. The number of cyclic esters (lactones) is 1. The van der Waals surface area contributed by atoms with E-state index in [4.69, 9.17) is 4.74 Å². The van der Waals surface area contributed by atoms with Crippen molar-refractivity contribution in [2.75, 3.05) is 0 Å². The highest BCUT2D eigenvalue weighted by Crippen LogP contribution is 2.19. The minimum atomic E-state index is -1.42. The molecule has 0 saturated heterocycles. The van der Waals surface area contributed by atoms with E-state index in [0.717, 1.165) is 22.3 Å². The summed E-state index contributed by atoms with van der Waals surface area (Å²) in [6.45, 7) is 1.50. The number of carbonyl (C=O) groups excluding carboxylic acids is 3. The molecule has 138 valence electrons. The van der Waals surface area contributed by atoms with Crippen molar-refractivity contribution in [1.82, 2.24) is 9.55 Å². The SMILES string of the molecule is CC1=CC(=O)C(C(=O)/C=C/c2ccc(-n3cnc4ccccc43)cc2)C(=O)O1. The summed E-state index contributed by atoms with van der Waals surface area (Å²) in [6, 6.07) is 15.3. The van der Waals surface area contributed by atoms with E-state index in [1.54, 1.807) is 12.4 Å². The van der Waals surface area contributed by atoms with Gasteiger partial charge in [-0.25, -0.2) is 4.98 Å². The van der Waals surface area contributed by atoms with Gasteiger partial charge in [-0.1, -0.05) is 30.3 Å². The van der Waals surface area contributed by atoms with Gasteiger partial charge >= 0.3 is 5.97 Å². The first-order chi connectivity index (χ1) is 13.5. The minimum Gasteiger partial charge on any atom is -0.430 e. The van der Waals surface area contributed by atoms with Crippen LogP contribution < -0.4 is 0 Å². The normalized spacial score (nSPS) is 17.0. The largest absolute Gasteiger partial charge is 0.430 e. The van der Waals surface area contributed by atoms with Gasteiger partial charge < -0.3 is 4.74 Å². The predicted molar refractivity (Wildman–Crippen MR) is 103 cm³/mol. The number of hydrogen-bond acceptors (Lipinski definition) is 5. The zero-order chi connectivity index (χ0) is 19.7. The Hall–Kier alpha value is -3.80. The Bertz CT molecular complexity index is 1150. The highest BCUT2D eigenvalue weighted by molar-refractivity contribution is 6.25. The van der Waals surface area contributed by atoms with Gasteiger partial charge in [0.05, 0.1) is 11.0 Å². The Labute approximate surface area is 160 Å². The van der Waals surface area contributed by atoms with E-state index in [0.29, 0.717) is 0 Å². The molecule has 0 fully saturated rings. The molecule has 0 saturated carbocycles. The second kappa shape index (κ2) is 7.08. The molecule has 1 aromatic heterocycles. The molecule has 0 radical (unpaired) electrons. The lowest BCUT2D eigenvalue weighted by molar-refractivity contribution is -0.151. The summed E-state index contributed by atoms with van der Waals surface area (Å²) in [6.07, 6.45) is 5.74. The number of aromatic nitrogens is 2. The van der Waals surface area contributed by atoms with Crippen molar-refractivity contribution < 1.29 is 19.1 Å². The van der Waals surface area contributed by atoms with Crippen LogP contribution in [0.4, 0.5) is 0 Å². The third kappa shape index (κ3) is 3.27. The number of fused-ring (bicyclic) bond motifs is 1. The molecule has 0 N–H and O–H groups in total. The molecule has 1 atom stereocenters. The monoisotopic (exact) mass is 372 g/mol. The summed E-state index contributed by atoms with van der Waals surface area (Å²) in [7, 11) is 0. The van der Waals surface area contributed by atoms with Crippen LogP contribution in [0.1, 0.15) is 12.5 Å². The number of ether oxygens (including phenoxy) is 1. The second-order valence-corrected chi connectivity index (χ2v) is 6.44. The molecule has 28 heavy (non-hydrogen) atoms. The predicted octanol–water partition coefficient (Wildman–Crippen LogP) is 3.25. The van der Waals surface area contributed by atoms with Gasteiger partial charge in [0, 0.05) is 11.8 Å². The number of nitrogens with zero attached hydrogens (tertiary/aromatic N) is 2. The zero-order valence-corrected chi connectivity index (χ0v) is 15.0. The van der Waals surface area contributed by atoms with Gasteiger partial charge in [-0.15, -0.1) is 0 Å². The van der Waals surface area contributed by atoms with Crippen LogP contribution in [0.3, 0.4) is 0 Å². The van der Waals surface area contributed by atoms with Crippen LogP contribution in [0.5, 0.6) is 0 Å². The highest BCUT2D eigenvalue weighted by atomic mass is 16.5. The number of rotatable bonds is 4. The maximum absolute atomic E-state index is 12.2. The second-order valence-electron chi connectivity index (χ2n) is 6.44. The molecule has 0 spiro atoms. The molecule has 0 aliphatic carbocycles. The van der Waals surface area contributed by atoms with Crippen LogP contribution >= 0.6 is 0 Å². The number of esters is 1. The van der Waals surface area contributed by atoms with Crippen LogP contribution in [-0.4, -0.2) is 27.1 Å². The molecule has 1 unspecified atom stereocenters. The maximum Gasteiger partial charge on any atom is 0.329 e. The van der Waals surface area contributed by atoms with E-state index < -0.39 is 23.5 Å². The van der Waals surface area contributed by atoms with Gasteiger partial charge in [-0.2, -0.15) is 0 Å². The molecule has 2 aromatic carbocycles. The Morgan fingerprint density at radius 3 is 2.61 bits per heavy atom. The van der Waals surface area contributed by atoms with Gasteiger partial charge in [-0.05, 0) is 42.8 Å². The Kier molecular flexibility index (Phi) is 4.45. The summed E-state index contributed by atoms with van der Waals surface area (Å²) < 4.78 is 6.84. The van der Waals surface area contributed by atoms with E-state index >= 15 is 0 Å². The van der Waals surface area contributed by atoms with Crippen LogP contribution in [0.15, 0.2) is 72.8 Å². The van der Waals surface area contributed by atoms with E-state index in [1.807, 2.05) is 53.1 Å². The van der Waals surface area contributed by atoms with Crippen molar-refractivity contribution in [3.8, 4) is 5.69 Å². The fourth-order valence-electron chi connectivity index (χ4n) is 3.09. The van der Waals surface area contributed by atoms with Crippen molar-refractivity contribution in [3.63, 3.8) is 0 Å². The molecular formula is C22H16N2O4. The quantitative estimate of drug-likeness (QED) is 0.399. The van der Waals surface area contributed by atoms with Crippen LogP contribution in [0.25, 0.3) is 22.8 Å². The maximum atomic E-state index is 12.2. The van der Waals surface area contributed by atoms with Crippen molar-refractivity contribution in [2.45, 2.75) is 6.92 Å². The van der Waals surface area contributed by atoms with Crippen LogP contribution in [-0.2, 0) is 19.1 Å².